The predicted molar refractivity (Wildman–Crippen MR) is 117 cm³/mol. The molecule has 0 radical (unpaired) electrons. The number of esters is 1. The number of thiophene rings is 1. The molecule has 2 aromatic carbocycles. The van der Waals surface area contributed by atoms with Gasteiger partial charge in [0.05, 0.1) is 13.7 Å². The second kappa shape index (κ2) is 9.25. The number of nitrogen functional groups attached to an aromatic ring is 1. The van der Waals surface area contributed by atoms with Crippen LogP contribution in [0.2, 0.25) is 0 Å². The van der Waals surface area contributed by atoms with Gasteiger partial charge in [-0.2, -0.15) is 0 Å². The molecule has 0 aliphatic heterocycles. The van der Waals surface area contributed by atoms with Crippen LogP contribution >= 0.6 is 11.3 Å². The van der Waals surface area contributed by atoms with E-state index in [0.717, 1.165) is 16.0 Å². The molecule has 0 aliphatic rings. The van der Waals surface area contributed by atoms with Crippen molar-refractivity contribution in [3.63, 3.8) is 0 Å². The molecule has 0 aliphatic carbocycles. The lowest BCUT2D eigenvalue weighted by Gasteiger charge is -2.20. The summed E-state index contributed by atoms with van der Waals surface area (Å²) >= 11 is 1.62. The summed E-state index contributed by atoms with van der Waals surface area (Å²) in [6.45, 7) is 2.44. The summed E-state index contributed by atoms with van der Waals surface area (Å²) in [6, 6.07) is 16.1. The number of carbonyl (C=O) groups is 1. The molecule has 0 saturated carbocycles. The lowest BCUT2D eigenvalue weighted by molar-refractivity contribution is -0.141. The van der Waals surface area contributed by atoms with Gasteiger partial charge >= 0.3 is 5.97 Å². The van der Waals surface area contributed by atoms with E-state index in [1.807, 2.05) is 42.6 Å². The van der Waals surface area contributed by atoms with E-state index in [1.54, 1.807) is 35.6 Å². The first-order valence-electron chi connectivity index (χ1n) is 9.12. The molecule has 3 aromatic rings. The SMILES string of the molecule is CCOc1cc(-c2cccs2)cc(C(Nc2ccc(C(=N)N)cc2)C(=O)OC)c1. The monoisotopic (exact) mass is 409 g/mol. The third-order valence-electron chi connectivity index (χ3n) is 4.32. The van der Waals surface area contributed by atoms with Crippen LogP contribution in [-0.4, -0.2) is 25.5 Å². The number of anilines is 1. The van der Waals surface area contributed by atoms with Gasteiger partial charge in [0, 0.05) is 16.1 Å². The topological polar surface area (TPSA) is 97.4 Å². The second-order valence-corrected chi connectivity index (χ2v) is 7.24. The minimum absolute atomic E-state index is 0.00827. The van der Waals surface area contributed by atoms with E-state index >= 15 is 0 Å². The Hall–Kier alpha value is -3.32. The Labute approximate surface area is 173 Å². The number of rotatable bonds is 8. The number of nitrogens with two attached hydrogens (primary N) is 1. The maximum atomic E-state index is 12.6. The normalized spacial score (nSPS) is 11.5. The average molecular weight is 410 g/mol. The summed E-state index contributed by atoms with van der Waals surface area (Å²) < 4.78 is 10.8. The van der Waals surface area contributed by atoms with E-state index in [-0.39, 0.29) is 5.84 Å². The highest BCUT2D eigenvalue weighted by Crippen LogP contribution is 2.33. The molecule has 150 valence electrons. The van der Waals surface area contributed by atoms with Crippen molar-refractivity contribution in [2.24, 2.45) is 5.73 Å². The molecule has 0 bridgehead atoms. The first-order chi connectivity index (χ1) is 14.0. The van der Waals surface area contributed by atoms with Gasteiger partial charge in [0.25, 0.3) is 0 Å². The van der Waals surface area contributed by atoms with Gasteiger partial charge in [-0.1, -0.05) is 6.07 Å². The van der Waals surface area contributed by atoms with Crippen molar-refractivity contribution in [2.75, 3.05) is 19.0 Å². The molecule has 1 aromatic heterocycles. The average Bonchev–Trinajstić information content (AvgIpc) is 3.27. The van der Waals surface area contributed by atoms with Gasteiger partial charge in [-0.25, -0.2) is 4.79 Å². The number of carbonyl (C=O) groups excluding carboxylic acids is 1. The zero-order chi connectivity index (χ0) is 20.8. The van der Waals surface area contributed by atoms with E-state index in [1.165, 1.54) is 7.11 Å². The van der Waals surface area contributed by atoms with Gasteiger partial charge in [-0.15, -0.1) is 11.3 Å². The third kappa shape index (κ3) is 4.94. The van der Waals surface area contributed by atoms with Crippen LogP contribution in [0.1, 0.15) is 24.1 Å². The van der Waals surface area contributed by atoms with Gasteiger partial charge in [0.1, 0.15) is 11.6 Å². The molecule has 3 rings (SSSR count). The van der Waals surface area contributed by atoms with E-state index in [4.69, 9.17) is 20.6 Å². The highest BCUT2D eigenvalue weighted by Gasteiger charge is 2.23. The second-order valence-electron chi connectivity index (χ2n) is 6.29. The molecule has 7 heteroatoms. The minimum atomic E-state index is -0.720. The molecule has 4 N–H and O–H groups in total. The minimum Gasteiger partial charge on any atom is -0.494 e. The standard InChI is InChI=1S/C22H23N3O3S/c1-3-28-18-12-15(19-5-4-10-29-19)11-16(13-18)20(22(26)27-2)25-17-8-6-14(7-9-17)21(23)24/h4-13,20,25H,3H2,1-2H3,(H3,23,24). The Kier molecular flexibility index (Phi) is 6.51. The van der Waals surface area contributed by atoms with Crippen molar-refractivity contribution in [1.29, 1.82) is 5.41 Å². The highest BCUT2D eigenvalue weighted by molar-refractivity contribution is 7.13. The number of methoxy groups -OCH3 is 1. The summed E-state index contributed by atoms with van der Waals surface area (Å²) in [7, 11) is 1.36. The van der Waals surface area contributed by atoms with Gasteiger partial charge < -0.3 is 20.5 Å². The molecular formula is C22H23N3O3S. The van der Waals surface area contributed by atoms with Crippen LogP contribution in [-0.2, 0) is 9.53 Å². The van der Waals surface area contributed by atoms with Crippen LogP contribution in [0.3, 0.4) is 0 Å². The molecule has 0 spiro atoms. The smallest absolute Gasteiger partial charge is 0.332 e. The molecule has 0 fully saturated rings. The van der Waals surface area contributed by atoms with Crippen molar-refractivity contribution in [3.8, 4) is 16.2 Å². The molecule has 0 amide bonds. The van der Waals surface area contributed by atoms with E-state index in [2.05, 4.69) is 5.32 Å². The van der Waals surface area contributed by atoms with Crippen molar-refractivity contribution < 1.29 is 14.3 Å². The van der Waals surface area contributed by atoms with Crippen molar-refractivity contribution in [3.05, 3.63) is 71.1 Å². The summed E-state index contributed by atoms with van der Waals surface area (Å²) in [4.78, 5) is 13.7. The Morgan fingerprint density at radius 2 is 1.97 bits per heavy atom. The Balaban J connectivity index is 1.99. The lowest BCUT2D eigenvalue weighted by Crippen LogP contribution is -2.22. The maximum Gasteiger partial charge on any atom is 0.332 e. The molecule has 1 heterocycles. The van der Waals surface area contributed by atoms with Crippen molar-refractivity contribution in [1.82, 2.24) is 0 Å². The van der Waals surface area contributed by atoms with Crippen molar-refractivity contribution >= 4 is 28.8 Å². The predicted octanol–water partition coefficient (Wildman–Crippen LogP) is 4.42. The molecule has 6 nitrogen and oxygen atoms in total. The number of amidine groups is 1. The first-order valence-corrected chi connectivity index (χ1v) is 10.00. The molecule has 1 atom stereocenters. The van der Waals surface area contributed by atoms with Gasteiger partial charge in [0.2, 0.25) is 0 Å². The Morgan fingerprint density at radius 3 is 2.55 bits per heavy atom. The zero-order valence-electron chi connectivity index (χ0n) is 16.3. The van der Waals surface area contributed by atoms with Gasteiger partial charge in [0.15, 0.2) is 6.04 Å². The lowest BCUT2D eigenvalue weighted by atomic mass is 10.0. The van der Waals surface area contributed by atoms with Crippen LogP contribution < -0.4 is 15.8 Å². The summed E-state index contributed by atoms with van der Waals surface area (Å²) in [5.41, 5.74) is 8.55. The van der Waals surface area contributed by atoms with Crippen LogP contribution in [0.25, 0.3) is 10.4 Å². The number of nitrogens with one attached hydrogen (secondary N) is 2. The van der Waals surface area contributed by atoms with Crippen LogP contribution in [0, 0.1) is 5.41 Å². The summed E-state index contributed by atoms with van der Waals surface area (Å²) in [5.74, 6) is 0.272. The van der Waals surface area contributed by atoms with E-state index in [0.29, 0.717) is 23.6 Å². The van der Waals surface area contributed by atoms with E-state index < -0.39 is 12.0 Å². The molecule has 29 heavy (non-hydrogen) atoms. The third-order valence-corrected chi connectivity index (χ3v) is 5.24. The highest BCUT2D eigenvalue weighted by atomic mass is 32.1. The fourth-order valence-electron chi connectivity index (χ4n) is 2.93. The Morgan fingerprint density at radius 1 is 1.21 bits per heavy atom. The summed E-state index contributed by atoms with van der Waals surface area (Å²) in [5, 5.41) is 12.7. The fraction of sp³-hybridized carbons (Fsp3) is 0.182. The van der Waals surface area contributed by atoms with Crippen LogP contribution in [0.15, 0.2) is 60.0 Å². The number of hydrogen-bond donors (Lipinski definition) is 3. The van der Waals surface area contributed by atoms with Gasteiger partial charge in [-0.3, -0.25) is 5.41 Å². The maximum absolute atomic E-state index is 12.6. The van der Waals surface area contributed by atoms with Crippen LogP contribution in [0.5, 0.6) is 5.75 Å². The number of ether oxygens (including phenoxy) is 2. The number of hydrogen-bond acceptors (Lipinski definition) is 6. The molecular weight excluding hydrogens is 386 g/mol. The zero-order valence-corrected chi connectivity index (χ0v) is 17.1. The van der Waals surface area contributed by atoms with Crippen molar-refractivity contribution in [2.45, 2.75) is 13.0 Å². The quantitative estimate of drug-likeness (QED) is 0.291. The van der Waals surface area contributed by atoms with Gasteiger partial charge in [-0.05, 0) is 72.0 Å². The largest absolute Gasteiger partial charge is 0.494 e. The number of benzene rings is 2. The molecule has 0 saturated heterocycles. The van der Waals surface area contributed by atoms with E-state index in [9.17, 15) is 4.79 Å². The first kappa shape index (κ1) is 20.4. The fourth-order valence-corrected chi connectivity index (χ4v) is 3.65. The molecule has 1 unspecified atom stereocenters. The summed E-state index contributed by atoms with van der Waals surface area (Å²) in [6.07, 6.45) is 0. The Bertz CT molecular complexity index is 985. The van der Waals surface area contributed by atoms with Crippen LogP contribution in [0.4, 0.5) is 5.69 Å².